The fraction of sp³-hybridized carbons (Fsp3) is 0.724. The van der Waals surface area contributed by atoms with E-state index in [1.54, 1.807) is 0 Å². The highest BCUT2D eigenvalue weighted by Crippen LogP contribution is 2.45. The summed E-state index contributed by atoms with van der Waals surface area (Å²) in [6.45, 7) is 4.63. The normalized spacial score (nSPS) is 14.4. The minimum atomic E-state index is -4.99. The molecule has 5 atom stereocenters. The van der Waals surface area contributed by atoms with Gasteiger partial charge in [0.15, 0.2) is 12.2 Å². The van der Waals surface area contributed by atoms with Crippen molar-refractivity contribution in [3.8, 4) is 0 Å². The molecule has 610 valence electrons. The summed E-state index contributed by atoms with van der Waals surface area (Å²) in [5, 5.41) is 10.7. The van der Waals surface area contributed by atoms with Gasteiger partial charge in [-0.15, -0.1) is 0 Å². The number of unbranched alkanes of at least 4 members (excludes halogenated alkanes) is 32. The van der Waals surface area contributed by atoms with Gasteiger partial charge >= 0.3 is 39.5 Å². The van der Waals surface area contributed by atoms with Crippen LogP contribution in [0.3, 0.4) is 0 Å². The molecule has 0 bridgehead atoms. The summed E-state index contributed by atoms with van der Waals surface area (Å²) >= 11 is 0. The Balaban J connectivity index is 5.41. The Morgan fingerprint density at radius 1 is 0.274 bits per heavy atom. The minimum absolute atomic E-state index is 0.0557. The second-order valence-corrected chi connectivity index (χ2v) is 30.6. The van der Waals surface area contributed by atoms with Gasteiger partial charge < -0.3 is 33.8 Å². The molecule has 0 aromatic rings. The van der Waals surface area contributed by atoms with Gasteiger partial charge in [0.1, 0.15) is 19.3 Å². The Morgan fingerprint density at radius 2 is 0.491 bits per heavy atom. The van der Waals surface area contributed by atoms with E-state index in [9.17, 15) is 43.2 Å². The van der Waals surface area contributed by atoms with Crippen molar-refractivity contribution < 1.29 is 80.2 Å². The number of carbonyl (C=O) groups is 4. The van der Waals surface area contributed by atoms with Crippen molar-refractivity contribution in [1.82, 2.24) is 0 Å². The van der Waals surface area contributed by atoms with Gasteiger partial charge in [-0.05, 0) is 116 Å². The zero-order valence-electron chi connectivity index (χ0n) is 66.8. The molecule has 0 aliphatic rings. The first-order valence-electron chi connectivity index (χ1n) is 41.8. The molecular weight excluding hydrogens is 1380 g/mol. The maximum absolute atomic E-state index is 13.1. The van der Waals surface area contributed by atoms with Crippen LogP contribution in [0, 0.1) is 0 Å². The van der Waals surface area contributed by atoms with E-state index < -0.39 is 97.5 Å². The molecule has 0 aromatic carbocycles. The average molecular weight is 1530 g/mol. The predicted molar refractivity (Wildman–Crippen MR) is 436 cm³/mol. The number of hydrogen-bond acceptors (Lipinski definition) is 15. The van der Waals surface area contributed by atoms with Crippen molar-refractivity contribution in [3.63, 3.8) is 0 Å². The Hall–Kier alpha value is -4.54. The topological polar surface area (TPSA) is 237 Å². The Bertz CT molecular complexity index is 2480. The number of phosphoric acid groups is 2. The first-order valence-corrected chi connectivity index (χ1v) is 44.8. The lowest BCUT2D eigenvalue weighted by atomic mass is 10.0. The molecule has 3 N–H and O–H groups in total. The molecule has 0 saturated carbocycles. The van der Waals surface area contributed by atoms with Gasteiger partial charge in [0.05, 0.1) is 26.4 Å². The quantitative estimate of drug-likeness (QED) is 0.0169. The molecule has 0 rings (SSSR count). The molecule has 0 heterocycles. The standard InChI is InChI=1S/C87H150O17P2/c1-5-9-13-17-21-25-29-33-36-38-40-42-45-48-52-56-60-64-68-72-85(90)98-78-83(103-86(91)73-69-65-61-57-53-49-44-35-31-27-23-19-15-11-7-3)80-102-106(95,96)100-76-81(88)75-99-105(93,94)101-79-82(77-97-84(89)71-67-63-59-55-51-47-32-28-24-20-16-12-8-4)104-87(92)74-70-66-62-58-54-50-46-43-41-39-37-34-30-26-22-18-14-10-6-2/h9-10,13-14,21-22,25-26,33-34,36-37,40-43,48,50,52,54,81-83,88H,5-8,11-12,15-20,23-24,27-32,35,38-39,44-47,49,51,53,55-80H2,1-4H3,(H,93,94)(H,95,96)/b13-9-,14-10-,25-21-,26-22-,36-33-,37-34-,42-40-,43-41-,52-48-,54-50-/t81-,82+,83+/m0/s1. The monoisotopic (exact) mass is 1530 g/mol. The zero-order valence-corrected chi connectivity index (χ0v) is 68.6. The lowest BCUT2D eigenvalue weighted by molar-refractivity contribution is -0.161. The summed E-state index contributed by atoms with van der Waals surface area (Å²) in [5.41, 5.74) is 0. The SMILES string of the molecule is CC/C=C\C/C=C\C/C=C\C/C=C\C/C=C\CCCCCC(=O)OC[C@H](COP(=O)(O)OC[C@@H](O)COP(=O)(O)OC[C@@H](COC(=O)CCCCCCCCCCCCCCC)OC(=O)CCCCC/C=C\C/C=C\C/C=C\C/C=C\C/C=C\CC)OC(=O)CCCCCCCCCCCCCCCCC. The van der Waals surface area contributed by atoms with Crippen LogP contribution in [-0.4, -0.2) is 96.7 Å². The maximum atomic E-state index is 13.1. The lowest BCUT2D eigenvalue weighted by Crippen LogP contribution is -2.30. The highest BCUT2D eigenvalue weighted by molar-refractivity contribution is 7.47. The van der Waals surface area contributed by atoms with Gasteiger partial charge in [-0.3, -0.25) is 37.3 Å². The second-order valence-electron chi connectivity index (χ2n) is 27.7. The maximum Gasteiger partial charge on any atom is 0.472 e. The predicted octanol–water partition coefficient (Wildman–Crippen LogP) is 24.7. The fourth-order valence-corrected chi connectivity index (χ4v) is 12.7. The molecule has 0 saturated heterocycles. The van der Waals surface area contributed by atoms with Crippen LogP contribution in [-0.2, 0) is 65.4 Å². The highest BCUT2D eigenvalue weighted by atomic mass is 31.2. The molecule has 0 aliphatic heterocycles. The number of hydrogen-bond donors (Lipinski definition) is 3. The van der Waals surface area contributed by atoms with Gasteiger partial charge in [0, 0.05) is 25.7 Å². The summed E-state index contributed by atoms with van der Waals surface area (Å²) in [5.74, 6) is -2.23. The smallest absolute Gasteiger partial charge is 0.462 e. The second kappa shape index (κ2) is 78.6. The Morgan fingerprint density at radius 3 is 0.755 bits per heavy atom. The van der Waals surface area contributed by atoms with Crippen molar-refractivity contribution in [3.05, 3.63) is 122 Å². The largest absolute Gasteiger partial charge is 0.472 e. The molecule has 17 nitrogen and oxygen atoms in total. The van der Waals surface area contributed by atoms with E-state index in [1.807, 2.05) is 0 Å². The summed E-state index contributed by atoms with van der Waals surface area (Å²) in [7, 11) is -9.98. The van der Waals surface area contributed by atoms with Gasteiger partial charge in [-0.25, -0.2) is 9.13 Å². The number of ether oxygens (including phenoxy) is 4. The molecule has 0 radical (unpaired) electrons. The van der Waals surface area contributed by atoms with Gasteiger partial charge in [0.2, 0.25) is 0 Å². The molecule has 19 heteroatoms. The van der Waals surface area contributed by atoms with Crippen molar-refractivity contribution >= 4 is 39.5 Å². The summed E-state index contributed by atoms with van der Waals surface area (Å²) < 4.78 is 68.7. The molecule has 0 amide bonds. The first kappa shape index (κ1) is 101. The van der Waals surface area contributed by atoms with E-state index in [-0.39, 0.29) is 25.7 Å². The van der Waals surface area contributed by atoms with E-state index in [1.165, 1.54) is 122 Å². The fourth-order valence-electron chi connectivity index (χ4n) is 11.2. The van der Waals surface area contributed by atoms with Gasteiger partial charge in [-0.1, -0.05) is 329 Å². The third-order valence-electron chi connectivity index (χ3n) is 17.5. The summed E-state index contributed by atoms with van der Waals surface area (Å²) in [6.07, 6.45) is 87.4. The first-order chi connectivity index (χ1) is 51.7. The Kier molecular flexibility index (Phi) is 75.2. The van der Waals surface area contributed by atoms with E-state index in [0.717, 1.165) is 148 Å². The molecule has 2 unspecified atom stereocenters. The third-order valence-corrected chi connectivity index (χ3v) is 19.4. The number of aliphatic hydroxyl groups is 1. The van der Waals surface area contributed by atoms with E-state index >= 15 is 0 Å². The molecular formula is C87H150O17P2. The van der Waals surface area contributed by atoms with Crippen LogP contribution in [0.5, 0.6) is 0 Å². The van der Waals surface area contributed by atoms with Gasteiger partial charge in [0.25, 0.3) is 0 Å². The van der Waals surface area contributed by atoms with Crippen LogP contribution in [0.4, 0.5) is 0 Å². The zero-order chi connectivity index (χ0) is 77.4. The van der Waals surface area contributed by atoms with Crippen LogP contribution >= 0.6 is 15.6 Å². The number of aliphatic hydroxyl groups excluding tert-OH is 1. The Labute approximate surface area is 644 Å². The highest BCUT2D eigenvalue weighted by Gasteiger charge is 2.30. The lowest BCUT2D eigenvalue weighted by Gasteiger charge is -2.21. The van der Waals surface area contributed by atoms with Crippen molar-refractivity contribution in [2.45, 2.75) is 367 Å². The van der Waals surface area contributed by atoms with Crippen LogP contribution in [0.1, 0.15) is 349 Å². The van der Waals surface area contributed by atoms with Crippen LogP contribution in [0.25, 0.3) is 0 Å². The van der Waals surface area contributed by atoms with Crippen LogP contribution in [0.15, 0.2) is 122 Å². The molecule has 0 spiro atoms. The summed E-state index contributed by atoms with van der Waals surface area (Å²) in [6, 6.07) is 0. The van der Waals surface area contributed by atoms with Crippen molar-refractivity contribution in [1.29, 1.82) is 0 Å². The van der Waals surface area contributed by atoms with Crippen LogP contribution in [0.2, 0.25) is 0 Å². The molecule has 0 aromatic heterocycles. The minimum Gasteiger partial charge on any atom is -0.462 e. The van der Waals surface area contributed by atoms with E-state index in [4.69, 9.17) is 37.0 Å². The molecule has 0 fully saturated rings. The number of allylic oxidation sites excluding steroid dienone is 20. The van der Waals surface area contributed by atoms with Crippen LogP contribution < -0.4 is 0 Å². The number of carbonyl (C=O) groups excluding carboxylic acids is 4. The summed E-state index contributed by atoms with van der Waals surface area (Å²) in [4.78, 5) is 73.1. The number of rotatable bonds is 78. The van der Waals surface area contributed by atoms with Gasteiger partial charge in [-0.2, -0.15) is 0 Å². The molecule has 106 heavy (non-hydrogen) atoms. The van der Waals surface area contributed by atoms with Crippen molar-refractivity contribution in [2.24, 2.45) is 0 Å². The number of phosphoric ester groups is 2. The number of esters is 4. The average Bonchev–Trinajstić information content (AvgIpc) is 0.902. The van der Waals surface area contributed by atoms with Crippen molar-refractivity contribution in [2.75, 3.05) is 39.6 Å². The van der Waals surface area contributed by atoms with E-state index in [2.05, 4.69) is 149 Å². The third kappa shape index (κ3) is 77.6. The van der Waals surface area contributed by atoms with E-state index in [0.29, 0.717) is 25.7 Å². The molecule has 0 aliphatic carbocycles.